The van der Waals surface area contributed by atoms with Crippen molar-refractivity contribution in [3.8, 4) is 0 Å². The van der Waals surface area contributed by atoms with E-state index in [2.05, 4.69) is 5.32 Å². The number of nitrogens with one attached hydrogen (secondary N) is 1. The molecule has 0 aromatic carbocycles. The Morgan fingerprint density at radius 1 is 0.714 bits per heavy atom. The average molecular weight is 193 g/mol. The van der Waals surface area contributed by atoms with E-state index >= 15 is 0 Å². The fraction of sp³-hybridized carbons (Fsp3) is 1.00. The second kappa shape index (κ2) is 3.84. The Bertz CT molecular complexity index is 189. The van der Waals surface area contributed by atoms with Crippen LogP contribution in [0, 0.1) is 17.8 Å². The van der Waals surface area contributed by atoms with Crippen LogP contribution in [0.2, 0.25) is 0 Å². The molecule has 1 aliphatic heterocycles. The monoisotopic (exact) mass is 193 g/mol. The Kier molecular flexibility index (Phi) is 2.53. The van der Waals surface area contributed by atoms with Crippen LogP contribution in [-0.2, 0) is 0 Å². The molecule has 1 nitrogen and oxygen atoms in total. The molecular formula is C13H23N. The molecule has 3 rings (SSSR count). The van der Waals surface area contributed by atoms with Gasteiger partial charge in [0.25, 0.3) is 0 Å². The summed E-state index contributed by atoms with van der Waals surface area (Å²) >= 11 is 0. The van der Waals surface area contributed by atoms with Crippen molar-refractivity contribution in [1.82, 2.24) is 5.32 Å². The quantitative estimate of drug-likeness (QED) is 0.711. The molecule has 1 heterocycles. The third kappa shape index (κ3) is 1.50. The van der Waals surface area contributed by atoms with Gasteiger partial charge < -0.3 is 5.32 Å². The van der Waals surface area contributed by atoms with Crippen molar-refractivity contribution in [2.45, 2.75) is 57.4 Å². The first-order valence-electron chi connectivity index (χ1n) is 6.68. The first-order chi connectivity index (χ1) is 6.95. The summed E-state index contributed by atoms with van der Waals surface area (Å²) in [5.41, 5.74) is 0. The van der Waals surface area contributed by atoms with Gasteiger partial charge in [-0.25, -0.2) is 0 Å². The normalized spacial score (nSPS) is 40.3. The van der Waals surface area contributed by atoms with Crippen LogP contribution in [0.3, 0.4) is 0 Å². The highest BCUT2D eigenvalue weighted by Gasteiger charge is 2.42. The molecule has 1 N–H and O–H groups in total. The first-order valence-corrected chi connectivity index (χ1v) is 6.68. The van der Waals surface area contributed by atoms with E-state index in [0.717, 1.165) is 23.8 Å². The van der Waals surface area contributed by atoms with Crippen LogP contribution < -0.4 is 5.32 Å². The molecule has 2 saturated carbocycles. The zero-order valence-electron chi connectivity index (χ0n) is 9.17. The van der Waals surface area contributed by atoms with Gasteiger partial charge in [-0.15, -0.1) is 0 Å². The van der Waals surface area contributed by atoms with Crippen LogP contribution in [0.5, 0.6) is 0 Å². The smallest absolute Gasteiger partial charge is 0.0138 e. The largest absolute Gasteiger partial charge is 0.313 e. The fourth-order valence-electron chi connectivity index (χ4n) is 3.73. The summed E-state index contributed by atoms with van der Waals surface area (Å²) < 4.78 is 0. The van der Waals surface area contributed by atoms with Crippen molar-refractivity contribution < 1.29 is 0 Å². The first kappa shape index (κ1) is 9.21. The molecule has 0 radical (unpaired) electrons. The molecule has 14 heavy (non-hydrogen) atoms. The average Bonchev–Trinajstić information content (AvgIpc) is 2.11. The van der Waals surface area contributed by atoms with E-state index < -0.39 is 0 Å². The molecule has 80 valence electrons. The van der Waals surface area contributed by atoms with Crippen LogP contribution in [0.15, 0.2) is 0 Å². The highest BCUT2D eigenvalue weighted by Crippen LogP contribution is 2.42. The van der Waals surface area contributed by atoms with Gasteiger partial charge in [0.2, 0.25) is 0 Å². The van der Waals surface area contributed by atoms with E-state index in [1.165, 1.54) is 57.9 Å². The lowest BCUT2D eigenvalue weighted by Crippen LogP contribution is -2.60. The fourth-order valence-corrected chi connectivity index (χ4v) is 3.73. The maximum Gasteiger partial charge on any atom is 0.0138 e. The van der Waals surface area contributed by atoms with Crippen LogP contribution in [0.25, 0.3) is 0 Å². The summed E-state index contributed by atoms with van der Waals surface area (Å²) in [4.78, 5) is 0. The lowest BCUT2D eigenvalue weighted by Gasteiger charge is -2.50. The highest BCUT2D eigenvalue weighted by molar-refractivity contribution is 4.98. The summed E-state index contributed by atoms with van der Waals surface area (Å²) in [6.45, 7) is 1.34. The maximum absolute atomic E-state index is 3.71. The molecule has 3 aliphatic rings. The van der Waals surface area contributed by atoms with Crippen molar-refractivity contribution >= 4 is 0 Å². The van der Waals surface area contributed by atoms with E-state index in [0.29, 0.717) is 0 Å². The predicted molar refractivity (Wildman–Crippen MR) is 59.2 cm³/mol. The summed E-state index contributed by atoms with van der Waals surface area (Å²) in [7, 11) is 0. The molecule has 3 fully saturated rings. The van der Waals surface area contributed by atoms with Crippen LogP contribution in [-0.4, -0.2) is 12.6 Å². The Balaban J connectivity index is 1.55. The molecule has 0 bridgehead atoms. The second-order valence-electron chi connectivity index (χ2n) is 5.69. The molecule has 0 aromatic heterocycles. The summed E-state index contributed by atoms with van der Waals surface area (Å²) in [5.74, 6) is 3.23. The lowest BCUT2D eigenvalue weighted by atomic mass is 9.64. The predicted octanol–water partition coefficient (Wildman–Crippen LogP) is 2.95. The van der Waals surface area contributed by atoms with Crippen molar-refractivity contribution in [3.05, 3.63) is 0 Å². The SMILES string of the molecule is C1CCC(C2NCC2C2CCC2)CC1. The lowest BCUT2D eigenvalue weighted by molar-refractivity contribution is 0.0474. The Hall–Kier alpha value is -0.0400. The zero-order valence-corrected chi connectivity index (χ0v) is 9.17. The molecule has 0 amide bonds. The van der Waals surface area contributed by atoms with Crippen molar-refractivity contribution in [3.63, 3.8) is 0 Å². The number of rotatable bonds is 2. The summed E-state index contributed by atoms with van der Waals surface area (Å²) in [5, 5.41) is 3.71. The van der Waals surface area contributed by atoms with Crippen molar-refractivity contribution in [2.75, 3.05) is 6.54 Å². The molecular weight excluding hydrogens is 170 g/mol. The van der Waals surface area contributed by atoms with Crippen LogP contribution >= 0.6 is 0 Å². The molecule has 0 aromatic rings. The molecule has 1 heteroatoms. The highest BCUT2D eigenvalue weighted by atomic mass is 15.0. The molecule has 2 aliphatic carbocycles. The Labute approximate surface area is 87.7 Å². The number of hydrogen-bond donors (Lipinski definition) is 1. The zero-order chi connectivity index (χ0) is 9.38. The van der Waals surface area contributed by atoms with Gasteiger partial charge in [-0.1, -0.05) is 38.5 Å². The maximum atomic E-state index is 3.71. The standard InChI is InChI=1S/C13H23N/c1-2-5-11(6-3-1)13-12(9-14-13)10-7-4-8-10/h10-14H,1-9H2. The minimum atomic E-state index is 0.931. The van der Waals surface area contributed by atoms with Gasteiger partial charge >= 0.3 is 0 Å². The van der Waals surface area contributed by atoms with E-state index in [4.69, 9.17) is 0 Å². The van der Waals surface area contributed by atoms with E-state index in [-0.39, 0.29) is 0 Å². The third-order valence-electron chi connectivity index (χ3n) is 4.96. The van der Waals surface area contributed by atoms with Gasteiger partial charge in [-0.2, -0.15) is 0 Å². The van der Waals surface area contributed by atoms with Crippen LogP contribution in [0.1, 0.15) is 51.4 Å². The van der Waals surface area contributed by atoms with Gasteiger partial charge in [0.05, 0.1) is 0 Å². The van der Waals surface area contributed by atoms with Crippen molar-refractivity contribution in [1.29, 1.82) is 0 Å². The molecule has 2 unspecified atom stereocenters. The van der Waals surface area contributed by atoms with E-state index in [1.807, 2.05) is 0 Å². The minimum absolute atomic E-state index is 0.931. The Morgan fingerprint density at radius 2 is 1.43 bits per heavy atom. The Morgan fingerprint density at radius 3 is 1.93 bits per heavy atom. The summed E-state index contributed by atoms with van der Waals surface area (Å²) in [6, 6.07) is 0.931. The molecule has 0 spiro atoms. The van der Waals surface area contributed by atoms with Gasteiger partial charge in [-0.05, 0) is 37.1 Å². The van der Waals surface area contributed by atoms with E-state index in [1.54, 1.807) is 0 Å². The topological polar surface area (TPSA) is 12.0 Å². The van der Waals surface area contributed by atoms with Gasteiger partial charge in [0, 0.05) is 6.04 Å². The van der Waals surface area contributed by atoms with Gasteiger partial charge in [0.1, 0.15) is 0 Å². The third-order valence-corrected chi connectivity index (χ3v) is 4.96. The van der Waals surface area contributed by atoms with Crippen LogP contribution in [0.4, 0.5) is 0 Å². The molecule has 1 saturated heterocycles. The minimum Gasteiger partial charge on any atom is -0.313 e. The summed E-state index contributed by atoms with van der Waals surface area (Å²) in [6.07, 6.45) is 12.1. The van der Waals surface area contributed by atoms with E-state index in [9.17, 15) is 0 Å². The van der Waals surface area contributed by atoms with Gasteiger partial charge in [0.15, 0.2) is 0 Å². The molecule has 2 atom stereocenters. The van der Waals surface area contributed by atoms with Crippen molar-refractivity contribution in [2.24, 2.45) is 17.8 Å². The van der Waals surface area contributed by atoms with Gasteiger partial charge in [-0.3, -0.25) is 0 Å². The number of hydrogen-bond acceptors (Lipinski definition) is 1. The second-order valence-corrected chi connectivity index (χ2v) is 5.69.